The molecule has 0 aliphatic heterocycles. The maximum atomic E-state index is 12.5. The Balaban J connectivity index is 1.49. The summed E-state index contributed by atoms with van der Waals surface area (Å²) in [7, 11) is 0. The van der Waals surface area contributed by atoms with Crippen LogP contribution in [0.5, 0.6) is 0 Å². The zero-order valence-electron chi connectivity index (χ0n) is 15.4. The van der Waals surface area contributed by atoms with Crippen molar-refractivity contribution in [1.29, 1.82) is 0 Å². The lowest BCUT2D eigenvalue weighted by atomic mass is 9.91. The topological polar surface area (TPSA) is 123 Å². The van der Waals surface area contributed by atoms with Gasteiger partial charge in [-0.3, -0.25) is 9.59 Å². The molecular formula is C19H25N5O3. The average molecular weight is 371 g/mol. The number of aryl methyl sites for hydroxylation is 1. The van der Waals surface area contributed by atoms with Crippen molar-refractivity contribution in [1.82, 2.24) is 20.8 Å². The van der Waals surface area contributed by atoms with Crippen molar-refractivity contribution in [3.05, 3.63) is 35.7 Å². The fourth-order valence-electron chi connectivity index (χ4n) is 3.27. The number of nitrogens with one attached hydrogen (secondary N) is 2. The van der Waals surface area contributed by atoms with Crippen LogP contribution in [0.1, 0.15) is 48.4 Å². The zero-order chi connectivity index (χ0) is 19.2. The third kappa shape index (κ3) is 5.13. The first-order valence-electron chi connectivity index (χ1n) is 9.26. The average Bonchev–Trinajstić information content (AvgIpc) is 3.10. The van der Waals surface area contributed by atoms with Gasteiger partial charge in [0.2, 0.25) is 17.6 Å². The van der Waals surface area contributed by atoms with Crippen LogP contribution in [0.15, 0.2) is 28.8 Å². The molecule has 3 rings (SSSR count). The van der Waals surface area contributed by atoms with Crippen LogP contribution in [0.25, 0.3) is 11.4 Å². The maximum absolute atomic E-state index is 12.5. The Bertz CT molecular complexity index is 779. The highest BCUT2D eigenvalue weighted by Gasteiger charge is 2.23. The van der Waals surface area contributed by atoms with Crippen molar-refractivity contribution < 1.29 is 14.1 Å². The first-order valence-corrected chi connectivity index (χ1v) is 9.26. The quantitative estimate of drug-likeness (QED) is 0.708. The lowest BCUT2D eigenvalue weighted by molar-refractivity contribution is -0.121. The molecule has 0 spiro atoms. The van der Waals surface area contributed by atoms with Crippen LogP contribution in [-0.2, 0) is 4.79 Å². The molecule has 0 unspecified atom stereocenters. The molecule has 0 saturated heterocycles. The molecule has 2 amide bonds. The summed E-state index contributed by atoms with van der Waals surface area (Å²) in [5.74, 6) is 0.916. The van der Waals surface area contributed by atoms with Crippen molar-refractivity contribution in [2.24, 2.45) is 5.73 Å². The highest BCUT2D eigenvalue weighted by molar-refractivity contribution is 5.94. The summed E-state index contributed by atoms with van der Waals surface area (Å²) in [6, 6.07) is 7.44. The number of rotatable bonds is 6. The molecule has 8 heteroatoms. The third-order valence-electron chi connectivity index (χ3n) is 4.73. The third-order valence-corrected chi connectivity index (χ3v) is 4.73. The van der Waals surface area contributed by atoms with E-state index in [0.29, 0.717) is 30.2 Å². The Morgan fingerprint density at radius 1 is 1.11 bits per heavy atom. The van der Waals surface area contributed by atoms with Crippen molar-refractivity contribution >= 4 is 11.8 Å². The molecule has 8 nitrogen and oxygen atoms in total. The fourth-order valence-corrected chi connectivity index (χ4v) is 3.27. The Kier molecular flexibility index (Phi) is 6.18. The summed E-state index contributed by atoms with van der Waals surface area (Å²) < 4.78 is 4.97. The molecule has 1 heterocycles. The largest absolute Gasteiger partial charge is 0.353 e. The number of hydrogen-bond donors (Lipinski definition) is 3. The van der Waals surface area contributed by atoms with E-state index in [4.69, 9.17) is 10.3 Å². The number of nitrogens with zero attached hydrogens (tertiary/aromatic N) is 2. The lowest BCUT2D eigenvalue weighted by Crippen LogP contribution is -2.44. The van der Waals surface area contributed by atoms with E-state index in [1.54, 1.807) is 19.1 Å². The molecule has 1 aliphatic rings. The van der Waals surface area contributed by atoms with Crippen molar-refractivity contribution in [3.8, 4) is 11.4 Å². The first-order chi connectivity index (χ1) is 13.0. The summed E-state index contributed by atoms with van der Waals surface area (Å²) in [5, 5.41) is 9.94. The van der Waals surface area contributed by atoms with Crippen LogP contribution in [-0.4, -0.2) is 40.6 Å². The standard InChI is InChI=1S/C19H25N5O3/c1-12-21-18(24-27-12)13-2-4-14(5-3-13)19(26)23-16-8-6-15(7-9-16)22-17(25)10-11-20/h2-5,15-16H,6-11,20H2,1H3,(H,22,25)(H,23,26)/t15-,16-. The second-order valence-corrected chi connectivity index (χ2v) is 6.84. The monoisotopic (exact) mass is 371 g/mol. The predicted octanol–water partition coefficient (Wildman–Crippen LogP) is 1.55. The van der Waals surface area contributed by atoms with E-state index in [-0.39, 0.29) is 23.9 Å². The van der Waals surface area contributed by atoms with Crippen molar-refractivity contribution in [3.63, 3.8) is 0 Å². The second-order valence-electron chi connectivity index (χ2n) is 6.84. The summed E-state index contributed by atoms with van der Waals surface area (Å²) in [4.78, 5) is 28.2. The van der Waals surface area contributed by atoms with Gasteiger partial charge in [-0.25, -0.2) is 0 Å². The minimum Gasteiger partial charge on any atom is -0.353 e. The summed E-state index contributed by atoms with van der Waals surface area (Å²) in [6.07, 6.45) is 3.77. The molecule has 1 saturated carbocycles. The van der Waals surface area contributed by atoms with E-state index in [1.807, 2.05) is 12.1 Å². The maximum Gasteiger partial charge on any atom is 0.251 e. The minimum absolute atomic E-state index is 0.00173. The molecule has 0 radical (unpaired) electrons. The number of nitrogens with two attached hydrogens (primary N) is 1. The molecule has 4 N–H and O–H groups in total. The van der Waals surface area contributed by atoms with E-state index < -0.39 is 0 Å². The molecule has 0 bridgehead atoms. The number of carbonyl (C=O) groups excluding carboxylic acids is 2. The van der Waals surface area contributed by atoms with E-state index in [2.05, 4.69) is 20.8 Å². The van der Waals surface area contributed by atoms with Crippen LogP contribution in [0.3, 0.4) is 0 Å². The van der Waals surface area contributed by atoms with Gasteiger partial charge < -0.3 is 20.9 Å². The van der Waals surface area contributed by atoms with Gasteiger partial charge in [0.05, 0.1) is 0 Å². The summed E-state index contributed by atoms with van der Waals surface area (Å²) in [5.41, 5.74) is 6.79. The lowest BCUT2D eigenvalue weighted by Gasteiger charge is -2.29. The molecule has 1 aromatic heterocycles. The Hall–Kier alpha value is -2.74. The Morgan fingerprint density at radius 2 is 1.74 bits per heavy atom. The van der Waals surface area contributed by atoms with Gasteiger partial charge in [0, 0.05) is 43.1 Å². The highest BCUT2D eigenvalue weighted by Crippen LogP contribution is 2.20. The SMILES string of the molecule is Cc1nc(-c2ccc(C(=O)N[C@H]3CC[C@H](NC(=O)CCN)CC3)cc2)no1. The van der Waals surface area contributed by atoms with Crippen LogP contribution in [0, 0.1) is 6.92 Å². The van der Waals surface area contributed by atoms with Crippen molar-refractivity contribution in [2.45, 2.75) is 51.1 Å². The molecule has 2 aromatic rings. The number of hydrogen-bond acceptors (Lipinski definition) is 6. The van der Waals surface area contributed by atoms with Crippen LogP contribution < -0.4 is 16.4 Å². The van der Waals surface area contributed by atoms with E-state index >= 15 is 0 Å². The summed E-state index contributed by atoms with van der Waals surface area (Å²) >= 11 is 0. The van der Waals surface area contributed by atoms with Crippen LogP contribution in [0.4, 0.5) is 0 Å². The predicted molar refractivity (Wildman–Crippen MR) is 99.8 cm³/mol. The number of carbonyl (C=O) groups is 2. The Labute approximate surface area is 157 Å². The van der Waals surface area contributed by atoms with Gasteiger partial charge >= 0.3 is 0 Å². The van der Waals surface area contributed by atoms with Gasteiger partial charge in [-0.2, -0.15) is 4.98 Å². The number of amides is 2. The highest BCUT2D eigenvalue weighted by atomic mass is 16.5. The molecule has 27 heavy (non-hydrogen) atoms. The van der Waals surface area contributed by atoms with Gasteiger partial charge in [-0.15, -0.1) is 0 Å². The van der Waals surface area contributed by atoms with Crippen molar-refractivity contribution in [2.75, 3.05) is 6.54 Å². The van der Waals surface area contributed by atoms with E-state index in [1.165, 1.54) is 0 Å². The van der Waals surface area contributed by atoms with Gasteiger partial charge in [0.1, 0.15) is 0 Å². The molecule has 1 fully saturated rings. The molecular weight excluding hydrogens is 346 g/mol. The minimum atomic E-state index is -0.0959. The van der Waals surface area contributed by atoms with Crippen LogP contribution >= 0.6 is 0 Å². The van der Waals surface area contributed by atoms with E-state index in [0.717, 1.165) is 31.2 Å². The fraction of sp³-hybridized carbons (Fsp3) is 0.474. The van der Waals surface area contributed by atoms with E-state index in [9.17, 15) is 9.59 Å². The van der Waals surface area contributed by atoms with Gasteiger partial charge in [-0.05, 0) is 37.8 Å². The summed E-state index contributed by atoms with van der Waals surface area (Å²) in [6.45, 7) is 2.10. The van der Waals surface area contributed by atoms with Gasteiger partial charge in [0.15, 0.2) is 0 Å². The molecule has 1 aromatic carbocycles. The normalized spacial score (nSPS) is 19.5. The molecule has 1 aliphatic carbocycles. The van der Waals surface area contributed by atoms with Gasteiger partial charge in [0.25, 0.3) is 5.91 Å². The number of benzene rings is 1. The van der Waals surface area contributed by atoms with Gasteiger partial charge in [-0.1, -0.05) is 17.3 Å². The first kappa shape index (κ1) is 19.0. The van der Waals surface area contributed by atoms with Crippen LogP contribution in [0.2, 0.25) is 0 Å². The second kappa shape index (κ2) is 8.77. The molecule has 144 valence electrons. The zero-order valence-corrected chi connectivity index (χ0v) is 15.4. The Morgan fingerprint density at radius 3 is 2.30 bits per heavy atom. The molecule has 0 atom stereocenters. The number of aromatic nitrogens is 2. The smallest absolute Gasteiger partial charge is 0.251 e.